The number of halogens is 3. The number of hydrogen-bond acceptors (Lipinski definition) is 3. The van der Waals surface area contributed by atoms with E-state index in [-0.39, 0.29) is 23.5 Å². The van der Waals surface area contributed by atoms with Crippen molar-refractivity contribution in [3.05, 3.63) is 47.0 Å². The van der Waals surface area contributed by atoms with Crippen molar-refractivity contribution in [2.75, 3.05) is 13.1 Å². The molecule has 1 aliphatic carbocycles. The molecular weight excluding hydrogens is 417 g/mol. The smallest absolute Gasteiger partial charge is 0.332 e. The van der Waals surface area contributed by atoms with E-state index in [1.165, 1.54) is 0 Å². The van der Waals surface area contributed by atoms with E-state index >= 15 is 0 Å². The van der Waals surface area contributed by atoms with Gasteiger partial charge in [-0.2, -0.15) is 13.2 Å². The van der Waals surface area contributed by atoms with Gasteiger partial charge in [0.05, 0.1) is 18.7 Å². The van der Waals surface area contributed by atoms with E-state index in [4.69, 9.17) is 10.8 Å². The van der Waals surface area contributed by atoms with Gasteiger partial charge >= 0.3 is 12.2 Å². The first-order valence-electron chi connectivity index (χ1n) is 11.0. The second kappa shape index (κ2) is 10.8. The number of amidine groups is 1. The van der Waals surface area contributed by atoms with Gasteiger partial charge in [-0.05, 0) is 37.2 Å². The van der Waals surface area contributed by atoms with Crippen molar-refractivity contribution in [2.24, 2.45) is 5.41 Å². The van der Waals surface area contributed by atoms with Crippen LogP contribution in [-0.4, -0.2) is 41.7 Å². The average Bonchev–Trinajstić information content (AvgIpc) is 3.12. The third-order valence-corrected chi connectivity index (χ3v) is 5.85. The summed E-state index contributed by atoms with van der Waals surface area (Å²) in [7, 11) is 0. The van der Waals surface area contributed by atoms with Crippen LogP contribution < -0.4 is 5.32 Å². The molecule has 1 atom stereocenters. The van der Waals surface area contributed by atoms with Crippen LogP contribution in [0.25, 0.3) is 0 Å². The summed E-state index contributed by atoms with van der Waals surface area (Å²) >= 11 is 0. The molecule has 3 N–H and O–H groups in total. The Balaban J connectivity index is 2.06. The fraction of sp³-hybridized carbons (Fsp3) is 0.542. The number of nitrogens with one attached hydrogen (secondary N) is 3. The molecule has 1 aromatic carbocycles. The lowest BCUT2D eigenvalue weighted by molar-refractivity contribution is -0.135. The van der Waals surface area contributed by atoms with Crippen molar-refractivity contribution in [1.82, 2.24) is 10.2 Å². The summed E-state index contributed by atoms with van der Waals surface area (Å²) in [5.74, 6) is -0.300. The van der Waals surface area contributed by atoms with Gasteiger partial charge in [0.2, 0.25) is 0 Å². The first-order chi connectivity index (χ1) is 14.9. The van der Waals surface area contributed by atoms with Gasteiger partial charge in [-0.3, -0.25) is 10.3 Å². The molecule has 0 saturated carbocycles. The highest BCUT2D eigenvalue weighted by atomic mass is 19.4. The van der Waals surface area contributed by atoms with Crippen molar-refractivity contribution in [1.29, 1.82) is 10.8 Å². The van der Waals surface area contributed by atoms with Crippen LogP contribution in [0.1, 0.15) is 63.5 Å². The number of urea groups is 1. The highest BCUT2D eigenvalue weighted by Gasteiger charge is 2.32. The molecule has 0 aromatic heterocycles. The van der Waals surface area contributed by atoms with Gasteiger partial charge in [0, 0.05) is 12.1 Å². The van der Waals surface area contributed by atoms with E-state index in [1.807, 2.05) is 6.92 Å². The number of nitrogens with zero attached hydrogens (tertiary/aromatic N) is 1. The number of allylic oxidation sites excluding steroid dienone is 1. The second-order valence-corrected chi connectivity index (χ2v) is 8.80. The van der Waals surface area contributed by atoms with Gasteiger partial charge < -0.3 is 10.7 Å². The summed E-state index contributed by atoms with van der Waals surface area (Å²) in [6, 6.07) is 5.88. The normalized spacial score (nSPS) is 18.2. The SMILES string of the molecule is CCCCC1(C)C=C(C(=N)CNC(=O)N(CCC(F)(F)F)C(=N)c2ccc(C)cc2)CC1. The molecule has 2 amide bonds. The Labute approximate surface area is 188 Å². The zero-order valence-corrected chi connectivity index (χ0v) is 19.0. The maximum Gasteiger partial charge on any atom is 0.390 e. The highest BCUT2D eigenvalue weighted by Crippen LogP contribution is 2.40. The van der Waals surface area contributed by atoms with E-state index < -0.39 is 25.2 Å². The Morgan fingerprint density at radius 3 is 2.47 bits per heavy atom. The third-order valence-electron chi connectivity index (χ3n) is 5.85. The van der Waals surface area contributed by atoms with Gasteiger partial charge in [-0.25, -0.2) is 4.79 Å². The fourth-order valence-corrected chi connectivity index (χ4v) is 3.79. The number of benzene rings is 1. The minimum absolute atomic E-state index is 0.0496. The molecule has 0 radical (unpaired) electrons. The van der Waals surface area contributed by atoms with Crippen LogP contribution in [0.2, 0.25) is 0 Å². The molecule has 1 aromatic rings. The number of carbonyl (C=O) groups excluding carboxylic acids is 1. The van der Waals surface area contributed by atoms with Gasteiger partial charge in [0.25, 0.3) is 0 Å². The summed E-state index contributed by atoms with van der Waals surface area (Å²) in [5, 5.41) is 19.2. The minimum atomic E-state index is -4.45. The summed E-state index contributed by atoms with van der Waals surface area (Å²) in [6.45, 7) is 5.42. The van der Waals surface area contributed by atoms with Crippen LogP contribution in [-0.2, 0) is 0 Å². The molecule has 5 nitrogen and oxygen atoms in total. The molecule has 1 unspecified atom stereocenters. The number of hydrogen-bond donors (Lipinski definition) is 3. The van der Waals surface area contributed by atoms with Crippen molar-refractivity contribution >= 4 is 17.6 Å². The zero-order chi connectivity index (χ0) is 23.9. The topological polar surface area (TPSA) is 80.0 Å². The van der Waals surface area contributed by atoms with Crippen LogP contribution in [0.3, 0.4) is 0 Å². The highest BCUT2D eigenvalue weighted by molar-refractivity contribution is 6.07. The molecule has 0 saturated heterocycles. The Morgan fingerprint density at radius 1 is 1.22 bits per heavy atom. The molecule has 176 valence electrons. The summed E-state index contributed by atoms with van der Waals surface area (Å²) in [6.07, 6.45) is 1.41. The molecular formula is C24H33F3N4O. The number of amides is 2. The molecule has 0 aliphatic heterocycles. The first-order valence-corrected chi connectivity index (χ1v) is 11.0. The summed E-state index contributed by atoms with van der Waals surface area (Å²) in [4.78, 5) is 13.5. The predicted octanol–water partition coefficient (Wildman–Crippen LogP) is 6.22. The van der Waals surface area contributed by atoms with Crippen molar-refractivity contribution < 1.29 is 18.0 Å². The number of rotatable bonds is 9. The molecule has 0 heterocycles. The quantitative estimate of drug-likeness (QED) is 0.303. The fourth-order valence-electron chi connectivity index (χ4n) is 3.79. The monoisotopic (exact) mass is 450 g/mol. The van der Waals surface area contributed by atoms with Crippen LogP contribution in [0.15, 0.2) is 35.9 Å². The van der Waals surface area contributed by atoms with Crippen molar-refractivity contribution in [2.45, 2.75) is 65.5 Å². The maximum absolute atomic E-state index is 12.8. The number of unbranched alkanes of at least 4 members (excludes halogenated alkanes) is 1. The van der Waals surface area contributed by atoms with E-state index in [0.717, 1.165) is 48.1 Å². The molecule has 8 heteroatoms. The van der Waals surface area contributed by atoms with Crippen LogP contribution >= 0.6 is 0 Å². The lowest BCUT2D eigenvalue weighted by Gasteiger charge is -2.24. The molecule has 0 spiro atoms. The van der Waals surface area contributed by atoms with Crippen molar-refractivity contribution in [3.63, 3.8) is 0 Å². The van der Waals surface area contributed by atoms with E-state index in [1.54, 1.807) is 24.3 Å². The van der Waals surface area contributed by atoms with E-state index in [0.29, 0.717) is 5.56 Å². The largest absolute Gasteiger partial charge is 0.390 e. The number of alkyl halides is 3. The average molecular weight is 451 g/mol. The lowest BCUT2D eigenvalue weighted by atomic mass is 9.85. The minimum Gasteiger partial charge on any atom is -0.332 e. The second-order valence-electron chi connectivity index (χ2n) is 8.80. The Hall–Kier alpha value is -2.64. The third kappa shape index (κ3) is 7.50. The first kappa shape index (κ1) is 25.6. The standard InChI is InChI=1S/C24H33F3N4O/c1-4-5-11-23(3)12-10-19(15-23)20(28)16-30-22(32)31(14-13-24(25,26)27)21(29)18-8-6-17(2)7-9-18/h6-9,15,28-29H,4-5,10-14,16H2,1-3H3,(H,30,32). The van der Waals surface area contributed by atoms with Crippen LogP contribution in [0.4, 0.5) is 18.0 Å². The zero-order valence-electron chi connectivity index (χ0n) is 19.0. The Morgan fingerprint density at radius 2 is 1.88 bits per heavy atom. The van der Waals surface area contributed by atoms with Gasteiger partial charge in [-0.1, -0.05) is 62.6 Å². The summed E-state index contributed by atoms with van der Waals surface area (Å²) < 4.78 is 38.4. The van der Waals surface area contributed by atoms with Crippen LogP contribution in [0, 0.1) is 23.2 Å². The van der Waals surface area contributed by atoms with E-state index in [9.17, 15) is 18.0 Å². The maximum atomic E-state index is 12.8. The lowest BCUT2D eigenvalue weighted by Crippen LogP contribution is -2.46. The Kier molecular flexibility index (Phi) is 8.64. The Bertz CT molecular complexity index is 861. The molecule has 32 heavy (non-hydrogen) atoms. The predicted molar refractivity (Wildman–Crippen MR) is 121 cm³/mol. The van der Waals surface area contributed by atoms with Crippen molar-refractivity contribution in [3.8, 4) is 0 Å². The molecule has 1 aliphatic rings. The van der Waals surface area contributed by atoms with Crippen LogP contribution in [0.5, 0.6) is 0 Å². The van der Waals surface area contributed by atoms with E-state index in [2.05, 4.69) is 25.2 Å². The van der Waals surface area contributed by atoms with Gasteiger partial charge in [0.15, 0.2) is 0 Å². The molecule has 0 bridgehead atoms. The number of carbonyl (C=O) groups is 1. The number of aryl methyl sites for hydroxylation is 1. The van der Waals surface area contributed by atoms with Gasteiger partial charge in [-0.15, -0.1) is 0 Å². The summed E-state index contributed by atoms with van der Waals surface area (Å²) in [5.41, 5.74) is 2.48. The van der Waals surface area contributed by atoms with Gasteiger partial charge in [0.1, 0.15) is 5.84 Å². The molecule has 0 fully saturated rings. The molecule has 2 rings (SSSR count).